The minimum absolute atomic E-state index is 0.187. The van der Waals surface area contributed by atoms with Crippen LogP contribution >= 0.6 is 0 Å². The summed E-state index contributed by atoms with van der Waals surface area (Å²) in [5.74, 6) is 0. The second-order valence-electron chi connectivity index (χ2n) is 6.16. The van der Waals surface area contributed by atoms with Crippen LogP contribution in [0.3, 0.4) is 0 Å². The lowest BCUT2D eigenvalue weighted by Crippen LogP contribution is -2.44. The Morgan fingerprint density at radius 3 is 2.22 bits per heavy atom. The summed E-state index contributed by atoms with van der Waals surface area (Å²) in [5, 5.41) is 2.65. The third-order valence-corrected chi connectivity index (χ3v) is 2.32. The van der Waals surface area contributed by atoms with E-state index in [0.29, 0.717) is 26.0 Å². The van der Waals surface area contributed by atoms with Gasteiger partial charge in [0.15, 0.2) is 0 Å². The minimum Gasteiger partial charge on any atom is -0.444 e. The number of hydrogen-bond acceptors (Lipinski definition) is 3. The molecule has 0 heterocycles. The molecule has 0 aliphatic rings. The first-order valence-electron chi connectivity index (χ1n) is 6.26. The molecule has 0 bridgehead atoms. The summed E-state index contributed by atoms with van der Waals surface area (Å²) in [6.45, 7) is 13.1. The molecule has 0 saturated carbocycles. The molecule has 0 radical (unpaired) electrons. The van der Waals surface area contributed by atoms with Crippen LogP contribution in [0.1, 0.15) is 41.5 Å². The topological polar surface area (TPSA) is 58.6 Å². The molecule has 5 heteroatoms. The van der Waals surface area contributed by atoms with E-state index in [0.717, 1.165) is 0 Å². The zero-order chi connectivity index (χ0) is 14.4. The fourth-order valence-electron chi connectivity index (χ4n) is 1.52. The third-order valence-electron chi connectivity index (χ3n) is 2.32. The SMILES string of the molecule is CCN(CC(C)(C)CNC=O)C(=O)OC(C)(C)C. The lowest BCUT2D eigenvalue weighted by atomic mass is 9.93. The standard InChI is InChI=1S/C13H26N2O3/c1-7-15(11(17)18-12(2,3)4)9-13(5,6)8-14-10-16/h10H,7-9H2,1-6H3,(H,14,16). The molecule has 0 rings (SSSR count). The Bertz CT molecular complexity index is 282. The van der Waals surface area contributed by atoms with E-state index in [-0.39, 0.29) is 11.5 Å². The predicted octanol–water partition coefficient (Wildman–Crippen LogP) is 2.02. The summed E-state index contributed by atoms with van der Waals surface area (Å²) in [4.78, 5) is 23.9. The van der Waals surface area contributed by atoms with Gasteiger partial charge in [0.05, 0.1) is 0 Å². The van der Waals surface area contributed by atoms with Crippen molar-refractivity contribution in [3.8, 4) is 0 Å². The fourth-order valence-corrected chi connectivity index (χ4v) is 1.52. The third kappa shape index (κ3) is 7.14. The van der Waals surface area contributed by atoms with Crippen LogP contribution in [0.2, 0.25) is 0 Å². The monoisotopic (exact) mass is 258 g/mol. The molecule has 2 amide bonds. The summed E-state index contributed by atoms with van der Waals surface area (Å²) in [6.07, 6.45) is 0.357. The van der Waals surface area contributed by atoms with Crippen molar-refractivity contribution < 1.29 is 14.3 Å². The van der Waals surface area contributed by atoms with Gasteiger partial charge >= 0.3 is 6.09 Å². The average Bonchev–Trinajstić information content (AvgIpc) is 2.20. The number of nitrogens with one attached hydrogen (secondary N) is 1. The van der Waals surface area contributed by atoms with Crippen LogP contribution in [0.4, 0.5) is 4.79 Å². The minimum atomic E-state index is -0.490. The molecule has 0 fully saturated rings. The number of nitrogens with zero attached hydrogens (tertiary/aromatic N) is 1. The van der Waals surface area contributed by atoms with Crippen LogP contribution < -0.4 is 5.32 Å². The first kappa shape index (κ1) is 16.7. The molecule has 106 valence electrons. The van der Waals surface area contributed by atoms with Crippen LogP contribution in [0.15, 0.2) is 0 Å². The number of amides is 2. The first-order chi connectivity index (χ1) is 8.11. The van der Waals surface area contributed by atoms with Gasteiger partial charge < -0.3 is 15.0 Å². The van der Waals surface area contributed by atoms with Crippen LogP contribution in [-0.2, 0) is 9.53 Å². The molecule has 18 heavy (non-hydrogen) atoms. The molecule has 0 spiro atoms. The number of carbonyl (C=O) groups excluding carboxylic acids is 2. The molecule has 0 aromatic carbocycles. The zero-order valence-corrected chi connectivity index (χ0v) is 12.4. The molecule has 5 nitrogen and oxygen atoms in total. The van der Waals surface area contributed by atoms with Gasteiger partial charge in [0.25, 0.3) is 0 Å². The van der Waals surface area contributed by atoms with E-state index in [2.05, 4.69) is 5.32 Å². The maximum Gasteiger partial charge on any atom is 0.410 e. The van der Waals surface area contributed by atoms with Gasteiger partial charge in [-0.25, -0.2) is 4.79 Å². The Morgan fingerprint density at radius 2 is 1.83 bits per heavy atom. The summed E-state index contributed by atoms with van der Waals surface area (Å²) in [5.41, 5.74) is -0.677. The first-order valence-corrected chi connectivity index (χ1v) is 6.26. The normalized spacial score (nSPS) is 11.9. The molecule has 0 aliphatic carbocycles. The van der Waals surface area contributed by atoms with Gasteiger partial charge in [-0.3, -0.25) is 4.79 Å². The van der Waals surface area contributed by atoms with E-state index in [1.807, 2.05) is 41.5 Å². The summed E-state index contributed by atoms with van der Waals surface area (Å²) in [7, 11) is 0. The second kappa shape index (κ2) is 6.61. The van der Waals surface area contributed by atoms with Gasteiger partial charge in [-0.15, -0.1) is 0 Å². The molecule has 0 unspecified atom stereocenters. The van der Waals surface area contributed by atoms with Crippen LogP contribution in [0.5, 0.6) is 0 Å². The summed E-state index contributed by atoms with van der Waals surface area (Å²) in [6, 6.07) is 0. The average molecular weight is 258 g/mol. The van der Waals surface area contributed by atoms with E-state index in [4.69, 9.17) is 4.74 Å². The highest BCUT2D eigenvalue weighted by Crippen LogP contribution is 2.18. The van der Waals surface area contributed by atoms with Crippen molar-refractivity contribution in [3.05, 3.63) is 0 Å². The summed E-state index contributed by atoms with van der Waals surface area (Å²) < 4.78 is 5.34. The molecule has 0 saturated heterocycles. The maximum atomic E-state index is 12.0. The highest BCUT2D eigenvalue weighted by molar-refractivity contribution is 5.68. The van der Waals surface area contributed by atoms with Gasteiger partial charge in [-0.1, -0.05) is 13.8 Å². The molecular formula is C13H26N2O3. The van der Waals surface area contributed by atoms with Crippen molar-refractivity contribution in [2.75, 3.05) is 19.6 Å². The lowest BCUT2D eigenvalue weighted by molar-refractivity contribution is -0.109. The zero-order valence-electron chi connectivity index (χ0n) is 12.4. The highest BCUT2D eigenvalue weighted by Gasteiger charge is 2.27. The van der Waals surface area contributed by atoms with Crippen molar-refractivity contribution in [1.82, 2.24) is 10.2 Å². The van der Waals surface area contributed by atoms with Crippen LogP contribution in [0.25, 0.3) is 0 Å². The van der Waals surface area contributed by atoms with E-state index >= 15 is 0 Å². The Hall–Kier alpha value is -1.26. The van der Waals surface area contributed by atoms with Gasteiger partial charge in [0.1, 0.15) is 5.60 Å². The van der Waals surface area contributed by atoms with E-state index in [1.54, 1.807) is 4.90 Å². The predicted molar refractivity (Wildman–Crippen MR) is 71.3 cm³/mol. The molecular weight excluding hydrogens is 232 g/mol. The Kier molecular flexibility index (Phi) is 6.15. The van der Waals surface area contributed by atoms with Crippen molar-refractivity contribution in [3.63, 3.8) is 0 Å². The van der Waals surface area contributed by atoms with Crippen LogP contribution in [-0.4, -0.2) is 42.6 Å². The highest BCUT2D eigenvalue weighted by atomic mass is 16.6. The lowest BCUT2D eigenvalue weighted by Gasteiger charge is -2.33. The van der Waals surface area contributed by atoms with Crippen molar-refractivity contribution >= 4 is 12.5 Å². The molecule has 0 atom stereocenters. The van der Waals surface area contributed by atoms with Gasteiger partial charge in [0, 0.05) is 19.6 Å². The van der Waals surface area contributed by atoms with E-state index < -0.39 is 5.60 Å². The largest absolute Gasteiger partial charge is 0.444 e. The Morgan fingerprint density at radius 1 is 1.28 bits per heavy atom. The van der Waals surface area contributed by atoms with Gasteiger partial charge in [0.2, 0.25) is 6.41 Å². The summed E-state index contributed by atoms with van der Waals surface area (Å²) >= 11 is 0. The van der Waals surface area contributed by atoms with Crippen molar-refractivity contribution in [2.45, 2.75) is 47.1 Å². The fraction of sp³-hybridized carbons (Fsp3) is 0.846. The van der Waals surface area contributed by atoms with Gasteiger partial charge in [-0.05, 0) is 33.1 Å². The second-order valence-corrected chi connectivity index (χ2v) is 6.16. The van der Waals surface area contributed by atoms with Crippen molar-refractivity contribution in [2.24, 2.45) is 5.41 Å². The number of hydrogen-bond donors (Lipinski definition) is 1. The quantitative estimate of drug-likeness (QED) is 0.741. The van der Waals surface area contributed by atoms with Gasteiger partial charge in [-0.2, -0.15) is 0 Å². The van der Waals surface area contributed by atoms with E-state index in [1.165, 1.54) is 0 Å². The Balaban J connectivity index is 4.50. The number of rotatable bonds is 6. The van der Waals surface area contributed by atoms with Crippen molar-refractivity contribution in [1.29, 1.82) is 0 Å². The number of ether oxygens (including phenoxy) is 1. The molecule has 0 aromatic heterocycles. The molecule has 1 N–H and O–H groups in total. The maximum absolute atomic E-state index is 12.0. The molecule has 0 aliphatic heterocycles. The van der Waals surface area contributed by atoms with Crippen LogP contribution in [0, 0.1) is 5.41 Å². The molecule has 0 aromatic rings. The number of carbonyl (C=O) groups is 2. The smallest absolute Gasteiger partial charge is 0.410 e. The van der Waals surface area contributed by atoms with E-state index in [9.17, 15) is 9.59 Å². The Labute approximate surface area is 110 Å².